The molecule has 0 aliphatic carbocycles. The molecule has 1 aromatic heterocycles. The fraction of sp³-hybridized carbons (Fsp3) is 0.125. The fourth-order valence-corrected chi connectivity index (χ4v) is 4.36. The van der Waals surface area contributed by atoms with Gasteiger partial charge in [0.05, 0.1) is 18.3 Å². The minimum Gasteiger partial charge on any atom is -0.497 e. The molecule has 5 aromatic rings. The van der Waals surface area contributed by atoms with Crippen molar-refractivity contribution in [2.45, 2.75) is 6.61 Å². The predicted octanol–water partition coefficient (Wildman–Crippen LogP) is 6.09. The molecular formula is C32H26F2N2O6. The van der Waals surface area contributed by atoms with Gasteiger partial charge in [-0.3, -0.25) is 9.59 Å². The number of carbonyl (C=O) groups is 1. The number of benzene rings is 4. The van der Waals surface area contributed by atoms with Crippen LogP contribution in [0.25, 0.3) is 16.6 Å². The third-order valence-electron chi connectivity index (χ3n) is 6.31. The summed E-state index contributed by atoms with van der Waals surface area (Å²) >= 11 is 0. The second-order valence-corrected chi connectivity index (χ2v) is 9.22. The Balaban J connectivity index is 1.63. The number of hydrogen-bond donors (Lipinski definition) is 1. The predicted molar refractivity (Wildman–Crippen MR) is 154 cm³/mol. The van der Waals surface area contributed by atoms with Crippen LogP contribution >= 0.6 is 0 Å². The summed E-state index contributed by atoms with van der Waals surface area (Å²) in [5.41, 5.74) is 0.916. The Morgan fingerprint density at radius 1 is 0.833 bits per heavy atom. The van der Waals surface area contributed by atoms with E-state index in [1.807, 2.05) is 30.3 Å². The largest absolute Gasteiger partial charge is 0.497 e. The molecule has 5 rings (SSSR count). The summed E-state index contributed by atoms with van der Waals surface area (Å²) in [5.74, 6) is -1.21. The van der Waals surface area contributed by atoms with Gasteiger partial charge in [0, 0.05) is 54.7 Å². The SMILES string of the molecule is COCOc1ccc2c(=O)c(C(=O)Nc3cc(F)cc(F)c3)cn(-c3cc(OC)cc(OCc4ccccc4)c3)c2c1. The van der Waals surface area contributed by atoms with Gasteiger partial charge in [0.25, 0.3) is 5.91 Å². The number of nitrogens with zero attached hydrogens (tertiary/aromatic N) is 1. The number of fused-ring (bicyclic) bond motifs is 1. The highest BCUT2D eigenvalue weighted by atomic mass is 19.1. The molecule has 0 unspecified atom stereocenters. The Kier molecular flexibility index (Phi) is 8.44. The summed E-state index contributed by atoms with van der Waals surface area (Å²) in [7, 11) is 3.00. The summed E-state index contributed by atoms with van der Waals surface area (Å²) in [6, 6.07) is 22.1. The number of pyridine rings is 1. The third kappa shape index (κ3) is 6.39. The number of ether oxygens (including phenoxy) is 4. The first-order valence-electron chi connectivity index (χ1n) is 12.8. The molecule has 0 radical (unpaired) electrons. The molecule has 214 valence electrons. The Morgan fingerprint density at radius 3 is 2.29 bits per heavy atom. The summed E-state index contributed by atoms with van der Waals surface area (Å²) < 4.78 is 51.3. The van der Waals surface area contributed by atoms with Gasteiger partial charge < -0.3 is 28.8 Å². The van der Waals surface area contributed by atoms with Gasteiger partial charge in [0.15, 0.2) is 6.79 Å². The zero-order valence-corrected chi connectivity index (χ0v) is 22.7. The molecule has 0 spiro atoms. The summed E-state index contributed by atoms with van der Waals surface area (Å²) in [6.45, 7) is 0.280. The fourth-order valence-electron chi connectivity index (χ4n) is 4.36. The summed E-state index contributed by atoms with van der Waals surface area (Å²) in [4.78, 5) is 26.8. The van der Waals surface area contributed by atoms with E-state index in [-0.39, 0.29) is 23.4 Å². The van der Waals surface area contributed by atoms with Crippen molar-refractivity contribution < 1.29 is 32.5 Å². The van der Waals surface area contributed by atoms with E-state index in [1.165, 1.54) is 26.5 Å². The molecule has 8 nitrogen and oxygen atoms in total. The van der Waals surface area contributed by atoms with Gasteiger partial charge in [-0.2, -0.15) is 0 Å². The van der Waals surface area contributed by atoms with Crippen molar-refractivity contribution in [3.05, 3.63) is 124 Å². The minimum absolute atomic E-state index is 0.0168. The van der Waals surface area contributed by atoms with Gasteiger partial charge in [-0.25, -0.2) is 8.78 Å². The average Bonchev–Trinajstić information content (AvgIpc) is 2.99. The van der Waals surface area contributed by atoms with Crippen LogP contribution in [0.4, 0.5) is 14.5 Å². The van der Waals surface area contributed by atoms with Gasteiger partial charge >= 0.3 is 0 Å². The second-order valence-electron chi connectivity index (χ2n) is 9.22. The number of hydrogen-bond acceptors (Lipinski definition) is 6. The van der Waals surface area contributed by atoms with Gasteiger partial charge in [-0.1, -0.05) is 30.3 Å². The molecule has 0 atom stereocenters. The first-order chi connectivity index (χ1) is 20.3. The van der Waals surface area contributed by atoms with Gasteiger partial charge in [0.2, 0.25) is 5.43 Å². The van der Waals surface area contributed by atoms with Crippen molar-refractivity contribution in [2.24, 2.45) is 0 Å². The number of carbonyl (C=O) groups excluding carboxylic acids is 1. The van der Waals surface area contributed by atoms with E-state index in [0.29, 0.717) is 41.1 Å². The zero-order chi connectivity index (χ0) is 29.6. The van der Waals surface area contributed by atoms with Crippen molar-refractivity contribution in [3.63, 3.8) is 0 Å². The lowest BCUT2D eigenvalue weighted by Gasteiger charge is -2.17. The molecule has 4 aromatic carbocycles. The number of methoxy groups -OCH3 is 2. The van der Waals surface area contributed by atoms with Crippen LogP contribution in [0.3, 0.4) is 0 Å². The van der Waals surface area contributed by atoms with Gasteiger partial charge in [-0.05, 0) is 29.8 Å². The van der Waals surface area contributed by atoms with E-state index in [0.717, 1.165) is 17.7 Å². The van der Waals surface area contributed by atoms with Crippen LogP contribution in [0.2, 0.25) is 0 Å². The number of amides is 1. The molecule has 42 heavy (non-hydrogen) atoms. The molecule has 1 N–H and O–H groups in total. The number of aromatic nitrogens is 1. The number of rotatable bonds is 10. The highest BCUT2D eigenvalue weighted by molar-refractivity contribution is 6.06. The average molecular weight is 573 g/mol. The topological polar surface area (TPSA) is 88.0 Å². The summed E-state index contributed by atoms with van der Waals surface area (Å²) in [5, 5.41) is 2.61. The molecule has 0 saturated carbocycles. The van der Waals surface area contributed by atoms with Crippen LogP contribution < -0.4 is 25.0 Å². The monoisotopic (exact) mass is 572 g/mol. The van der Waals surface area contributed by atoms with E-state index in [1.54, 1.807) is 34.9 Å². The molecule has 0 aliphatic heterocycles. The van der Waals surface area contributed by atoms with Crippen molar-refractivity contribution in [3.8, 4) is 22.9 Å². The lowest BCUT2D eigenvalue weighted by Crippen LogP contribution is -2.24. The van der Waals surface area contributed by atoms with Crippen molar-refractivity contribution in [1.29, 1.82) is 0 Å². The molecule has 0 bridgehead atoms. The Labute approximate surface area is 239 Å². The first-order valence-corrected chi connectivity index (χ1v) is 12.8. The molecule has 1 amide bonds. The second kappa shape index (κ2) is 12.5. The number of anilines is 1. The van der Waals surface area contributed by atoms with Crippen LogP contribution in [0.5, 0.6) is 17.2 Å². The van der Waals surface area contributed by atoms with E-state index >= 15 is 0 Å². The Bertz CT molecular complexity index is 1790. The zero-order valence-electron chi connectivity index (χ0n) is 22.7. The van der Waals surface area contributed by atoms with E-state index in [4.69, 9.17) is 18.9 Å². The van der Waals surface area contributed by atoms with Crippen molar-refractivity contribution in [1.82, 2.24) is 4.57 Å². The molecule has 0 saturated heterocycles. The van der Waals surface area contributed by atoms with E-state index in [9.17, 15) is 18.4 Å². The number of halogens is 2. The van der Waals surface area contributed by atoms with Gasteiger partial charge in [0.1, 0.15) is 41.1 Å². The number of nitrogens with one attached hydrogen (secondary N) is 1. The van der Waals surface area contributed by atoms with Crippen LogP contribution in [-0.2, 0) is 11.3 Å². The highest BCUT2D eigenvalue weighted by Crippen LogP contribution is 2.29. The maximum absolute atomic E-state index is 13.8. The molecule has 0 aliphatic rings. The van der Waals surface area contributed by atoms with E-state index in [2.05, 4.69) is 5.32 Å². The highest BCUT2D eigenvalue weighted by Gasteiger charge is 2.19. The molecule has 10 heteroatoms. The third-order valence-corrected chi connectivity index (χ3v) is 6.31. The van der Waals surface area contributed by atoms with Crippen LogP contribution in [0.1, 0.15) is 15.9 Å². The standard InChI is InChI=1S/C32H26F2N2O6/c1-39-19-42-25-8-9-28-30(16-25)36(17-29(31(28)37)32(38)35-23-11-21(33)10-22(34)12-23)24-13-26(40-2)15-27(14-24)41-18-20-6-4-3-5-7-20/h3-17H,18-19H2,1-2H3,(H,35,38). The van der Waals surface area contributed by atoms with Crippen LogP contribution in [0, 0.1) is 11.6 Å². The maximum Gasteiger partial charge on any atom is 0.261 e. The van der Waals surface area contributed by atoms with Crippen LogP contribution in [-0.4, -0.2) is 31.5 Å². The Hall–Kier alpha value is -5.22. The minimum atomic E-state index is -0.871. The quantitative estimate of drug-likeness (QED) is 0.204. The molecular weight excluding hydrogens is 546 g/mol. The van der Waals surface area contributed by atoms with Crippen LogP contribution in [0.15, 0.2) is 95.9 Å². The maximum atomic E-state index is 13.8. The normalized spacial score (nSPS) is 10.9. The molecule has 1 heterocycles. The van der Waals surface area contributed by atoms with Crippen molar-refractivity contribution in [2.75, 3.05) is 26.3 Å². The van der Waals surface area contributed by atoms with E-state index < -0.39 is 23.0 Å². The summed E-state index contributed by atoms with van der Waals surface area (Å²) in [6.07, 6.45) is 1.35. The lowest BCUT2D eigenvalue weighted by atomic mass is 10.1. The first kappa shape index (κ1) is 28.3. The van der Waals surface area contributed by atoms with Crippen molar-refractivity contribution >= 4 is 22.5 Å². The van der Waals surface area contributed by atoms with Gasteiger partial charge in [-0.15, -0.1) is 0 Å². The smallest absolute Gasteiger partial charge is 0.261 e. The lowest BCUT2D eigenvalue weighted by molar-refractivity contribution is 0.0512. The molecule has 0 fully saturated rings. The Morgan fingerprint density at radius 2 is 1.57 bits per heavy atom.